The lowest BCUT2D eigenvalue weighted by molar-refractivity contribution is 0.0924. The monoisotopic (exact) mass is 288 g/mol. The lowest BCUT2D eigenvalue weighted by Crippen LogP contribution is -2.33. The molecular weight excluding hydrogens is 264 g/mol. The summed E-state index contributed by atoms with van der Waals surface area (Å²) in [6.45, 7) is 8.58. The van der Waals surface area contributed by atoms with Crippen molar-refractivity contribution in [1.82, 2.24) is 4.90 Å². The van der Waals surface area contributed by atoms with Gasteiger partial charge < -0.3 is 4.74 Å². The van der Waals surface area contributed by atoms with Gasteiger partial charge in [-0.1, -0.05) is 13.8 Å². The first-order valence-corrected chi connectivity index (χ1v) is 7.42. The van der Waals surface area contributed by atoms with Crippen molar-refractivity contribution in [2.45, 2.75) is 27.2 Å². The summed E-state index contributed by atoms with van der Waals surface area (Å²) in [4.78, 5) is 14.4. The molecule has 0 spiro atoms. The van der Waals surface area contributed by atoms with Crippen LogP contribution in [0.5, 0.6) is 5.75 Å². The average Bonchev–Trinajstić information content (AvgIpc) is 2.45. The van der Waals surface area contributed by atoms with Crippen LogP contribution in [0.3, 0.4) is 0 Å². The molecule has 0 aliphatic carbocycles. The van der Waals surface area contributed by atoms with E-state index in [0.29, 0.717) is 37.6 Å². The maximum atomic E-state index is 12.3. The van der Waals surface area contributed by atoms with Gasteiger partial charge in [0.2, 0.25) is 0 Å². The van der Waals surface area contributed by atoms with Crippen molar-refractivity contribution in [3.8, 4) is 11.8 Å². The number of carbonyl (C=O) groups is 1. The number of nitriles is 1. The van der Waals surface area contributed by atoms with E-state index in [4.69, 9.17) is 10.00 Å². The van der Waals surface area contributed by atoms with Crippen LogP contribution in [-0.2, 0) is 0 Å². The van der Waals surface area contributed by atoms with Gasteiger partial charge in [0.05, 0.1) is 19.2 Å². The predicted molar refractivity (Wildman–Crippen MR) is 83.4 cm³/mol. The van der Waals surface area contributed by atoms with Crippen LogP contribution in [0, 0.1) is 17.2 Å². The SMILES string of the molecule is CCOc1ccc(C(=O)CN(CCC#N)CC(C)C)cc1. The molecule has 1 aromatic carbocycles. The number of ether oxygens (including phenoxy) is 1. The van der Waals surface area contributed by atoms with Gasteiger partial charge in [-0.3, -0.25) is 9.69 Å². The van der Waals surface area contributed by atoms with Crippen LogP contribution in [0.1, 0.15) is 37.6 Å². The third kappa shape index (κ3) is 6.42. The van der Waals surface area contributed by atoms with E-state index in [1.54, 1.807) is 12.1 Å². The summed E-state index contributed by atoms with van der Waals surface area (Å²) in [5, 5.41) is 8.71. The molecule has 0 atom stereocenters. The summed E-state index contributed by atoms with van der Waals surface area (Å²) in [6.07, 6.45) is 0.448. The van der Waals surface area contributed by atoms with E-state index in [9.17, 15) is 4.79 Å². The summed E-state index contributed by atoms with van der Waals surface area (Å²) in [5.41, 5.74) is 0.684. The van der Waals surface area contributed by atoms with Crippen molar-refractivity contribution in [1.29, 1.82) is 5.26 Å². The third-order valence-electron chi connectivity index (χ3n) is 3.02. The van der Waals surface area contributed by atoms with Crippen LogP contribution in [0.2, 0.25) is 0 Å². The molecule has 0 unspecified atom stereocenters. The number of rotatable bonds is 9. The highest BCUT2D eigenvalue weighted by Gasteiger charge is 2.13. The van der Waals surface area contributed by atoms with Gasteiger partial charge in [0, 0.05) is 25.1 Å². The van der Waals surface area contributed by atoms with Crippen molar-refractivity contribution in [3.05, 3.63) is 29.8 Å². The molecule has 0 saturated heterocycles. The van der Waals surface area contributed by atoms with E-state index in [2.05, 4.69) is 19.9 Å². The normalized spacial score (nSPS) is 10.7. The van der Waals surface area contributed by atoms with E-state index in [1.807, 2.05) is 24.0 Å². The lowest BCUT2D eigenvalue weighted by atomic mass is 10.1. The Morgan fingerprint density at radius 3 is 2.52 bits per heavy atom. The molecule has 0 aromatic heterocycles. The number of Topliss-reactive ketones (excluding diaryl/α,β-unsaturated/α-hetero) is 1. The molecule has 0 saturated carbocycles. The molecule has 0 aliphatic rings. The second kappa shape index (κ2) is 9.15. The third-order valence-corrected chi connectivity index (χ3v) is 3.02. The van der Waals surface area contributed by atoms with Crippen molar-refractivity contribution >= 4 is 5.78 Å². The molecule has 0 heterocycles. The second-order valence-electron chi connectivity index (χ2n) is 5.42. The van der Waals surface area contributed by atoms with Crippen molar-refractivity contribution in [2.24, 2.45) is 5.92 Å². The lowest BCUT2D eigenvalue weighted by Gasteiger charge is -2.22. The number of nitrogens with zero attached hydrogens (tertiary/aromatic N) is 2. The fraction of sp³-hybridized carbons (Fsp3) is 0.529. The van der Waals surface area contributed by atoms with E-state index in [-0.39, 0.29) is 5.78 Å². The number of carbonyl (C=O) groups excluding carboxylic acids is 1. The highest BCUT2D eigenvalue weighted by Crippen LogP contribution is 2.13. The quantitative estimate of drug-likeness (QED) is 0.655. The van der Waals surface area contributed by atoms with Crippen molar-refractivity contribution in [2.75, 3.05) is 26.2 Å². The van der Waals surface area contributed by atoms with Crippen molar-refractivity contribution in [3.63, 3.8) is 0 Å². The highest BCUT2D eigenvalue weighted by molar-refractivity contribution is 5.97. The molecule has 4 nitrogen and oxygen atoms in total. The Labute approximate surface area is 127 Å². The van der Waals surface area contributed by atoms with Gasteiger partial charge in [-0.15, -0.1) is 0 Å². The van der Waals surface area contributed by atoms with Gasteiger partial charge in [0.1, 0.15) is 5.75 Å². The van der Waals surface area contributed by atoms with Crippen LogP contribution < -0.4 is 4.74 Å². The number of benzene rings is 1. The number of ketones is 1. The molecule has 0 bridgehead atoms. The second-order valence-corrected chi connectivity index (χ2v) is 5.42. The molecular formula is C17H24N2O2. The molecule has 0 N–H and O–H groups in total. The minimum Gasteiger partial charge on any atom is -0.494 e. The van der Waals surface area contributed by atoms with E-state index >= 15 is 0 Å². The van der Waals surface area contributed by atoms with Crippen molar-refractivity contribution < 1.29 is 9.53 Å². The molecule has 4 heteroatoms. The maximum absolute atomic E-state index is 12.3. The van der Waals surface area contributed by atoms with Crippen LogP contribution >= 0.6 is 0 Å². The molecule has 114 valence electrons. The molecule has 21 heavy (non-hydrogen) atoms. The fourth-order valence-electron chi connectivity index (χ4n) is 2.16. The Bertz CT molecular complexity index is 475. The van der Waals surface area contributed by atoms with Gasteiger partial charge >= 0.3 is 0 Å². The minimum absolute atomic E-state index is 0.0802. The van der Waals surface area contributed by atoms with Gasteiger partial charge in [-0.25, -0.2) is 0 Å². The first-order valence-electron chi connectivity index (χ1n) is 7.42. The Morgan fingerprint density at radius 2 is 2.00 bits per heavy atom. The average molecular weight is 288 g/mol. The number of hydrogen-bond acceptors (Lipinski definition) is 4. The maximum Gasteiger partial charge on any atom is 0.176 e. The Balaban J connectivity index is 2.65. The Morgan fingerprint density at radius 1 is 1.33 bits per heavy atom. The van der Waals surface area contributed by atoms with Gasteiger partial charge in [0.15, 0.2) is 5.78 Å². The minimum atomic E-state index is 0.0802. The van der Waals surface area contributed by atoms with Crippen LogP contribution in [0.4, 0.5) is 0 Å². The molecule has 1 rings (SSSR count). The first-order chi connectivity index (χ1) is 10.1. The Kier molecular flexibility index (Phi) is 7.49. The predicted octanol–water partition coefficient (Wildman–Crippen LogP) is 3.14. The summed E-state index contributed by atoms with van der Waals surface area (Å²) in [7, 11) is 0. The van der Waals surface area contributed by atoms with Crippen LogP contribution in [-0.4, -0.2) is 36.9 Å². The van der Waals surface area contributed by atoms with E-state index in [1.165, 1.54) is 0 Å². The fourth-order valence-corrected chi connectivity index (χ4v) is 2.16. The zero-order chi connectivity index (χ0) is 15.7. The van der Waals surface area contributed by atoms with Crippen LogP contribution in [0.15, 0.2) is 24.3 Å². The summed E-state index contributed by atoms with van der Waals surface area (Å²) >= 11 is 0. The molecule has 0 fully saturated rings. The standard InChI is InChI=1S/C17H24N2O2/c1-4-21-16-8-6-15(7-9-16)17(20)13-19(11-5-10-18)12-14(2)3/h6-9,14H,4-5,11-13H2,1-3H3. The summed E-state index contributed by atoms with van der Waals surface area (Å²) in [5.74, 6) is 1.33. The Hall–Kier alpha value is -1.86. The van der Waals surface area contributed by atoms with Gasteiger partial charge in [-0.2, -0.15) is 5.26 Å². The topological polar surface area (TPSA) is 53.3 Å². The first kappa shape index (κ1) is 17.2. The molecule has 0 amide bonds. The van der Waals surface area contributed by atoms with Gasteiger partial charge in [-0.05, 0) is 37.1 Å². The number of hydrogen-bond donors (Lipinski definition) is 0. The zero-order valence-corrected chi connectivity index (χ0v) is 13.1. The summed E-state index contributed by atoms with van der Waals surface area (Å²) < 4.78 is 5.37. The zero-order valence-electron chi connectivity index (χ0n) is 13.1. The molecule has 0 aliphatic heterocycles. The van der Waals surface area contributed by atoms with E-state index in [0.717, 1.165) is 12.3 Å². The molecule has 1 aromatic rings. The van der Waals surface area contributed by atoms with Gasteiger partial charge in [0.25, 0.3) is 0 Å². The smallest absolute Gasteiger partial charge is 0.176 e. The molecule has 0 radical (unpaired) electrons. The summed E-state index contributed by atoms with van der Waals surface area (Å²) in [6, 6.07) is 9.37. The largest absolute Gasteiger partial charge is 0.494 e. The van der Waals surface area contributed by atoms with Crippen LogP contribution in [0.25, 0.3) is 0 Å². The van der Waals surface area contributed by atoms with E-state index < -0.39 is 0 Å². The highest BCUT2D eigenvalue weighted by atomic mass is 16.5.